The molecule has 0 bridgehead atoms. The van der Waals surface area contributed by atoms with Crippen LogP contribution in [0.25, 0.3) is 0 Å². The minimum absolute atomic E-state index is 0.229. The van der Waals surface area contributed by atoms with Crippen molar-refractivity contribution in [1.82, 2.24) is 5.32 Å². The van der Waals surface area contributed by atoms with Gasteiger partial charge in [-0.2, -0.15) is 0 Å². The summed E-state index contributed by atoms with van der Waals surface area (Å²) in [4.78, 5) is 0. The maximum atomic E-state index is 5.83. The fraction of sp³-hybridized carbons (Fsp3) is 0.571. The number of aryl methyl sites for hydroxylation is 1. The number of ether oxygens (including phenoxy) is 1. The molecule has 92 valence electrons. The maximum Gasteiger partial charge on any atom is 0.0950 e. The first-order valence-electron chi connectivity index (χ1n) is 6.48. The van der Waals surface area contributed by atoms with E-state index in [2.05, 4.69) is 33.4 Å². The third kappa shape index (κ3) is 2.42. The first kappa shape index (κ1) is 11.7. The predicted octanol–water partition coefficient (Wildman–Crippen LogP) is 2.99. The highest BCUT2D eigenvalue weighted by atomic mass is 79.9. The summed E-state index contributed by atoms with van der Waals surface area (Å²) >= 11 is 3.72. The minimum Gasteiger partial charge on any atom is -0.371 e. The summed E-state index contributed by atoms with van der Waals surface area (Å²) in [6, 6.07) is 4.61. The van der Waals surface area contributed by atoms with Crippen LogP contribution in [0.15, 0.2) is 16.6 Å². The van der Waals surface area contributed by atoms with Crippen LogP contribution in [0.1, 0.15) is 35.6 Å². The van der Waals surface area contributed by atoms with E-state index in [1.54, 1.807) is 0 Å². The SMILES string of the molecule is Brc1cc(C2CNCCO2)cc2c1CCCC2. The molecule has 2 aliphatic rings. The summed E-state index contributed by atoms with van der Waals surface area (Å²) in [7, 11) is 0. The normalized spacial score (nSPS) is 24.4. The van der Waals surface area contributed by atoms with Crippen molar-refractivity contribution in [3.05, 3.63) is 33.3 Å². The van der Waals surface area contributed by atoms with Crippen molar-refractivity contribution in [2.75, 3.05) is 19.7 Å². The summed E-state index contributed by atoms with van der Waals surface area (Å²) in [5.74, 6) is 0. The zero-order chi connectivity index (χ0) is 11.7. The number of hydrogen-bond acceptors (Lipinski definition) is 2. The molecule has 1 aliphatic carbocycles. The van der Waals surface area contributed by atoms with E-state index in [9.17, 15) is 0 Å². The van der Waals surface area contributed by atoms with Crippen LogP contribution >= 0.6 is 15.9 Å². The molecule has 1 aromatic carbocycles. The highest BCUT2D eigenvalue weighted by Crippen LogP contribution is 2.32. The second kappa shape index (κ2) is 5.09. The van der Waals surface area contributed by atoms with Gasteiger partial charge in [-0.3, -0.25) is 0 Å². The van der Waals surface area contributed by atoms with E-state index >= 15 is 0 Å². The number of nitrogens with one attached hydrogen (secondary N) is 1. The van der Waals surface area contributed by atoms with Gasteiger partial charge in [0.15, 0.2) is 0 Å². The average Bonchev–Trinajstić information content (AvgIpc) is 2.40. The molecule has 1 heterocycles. The van der Waals surface area contributed by atoms with Gasteiger partial charge < -0.3 is 10.1 Å². The van der Waals surface area contributed by atoms with Gasteiger partial charge in [0, 0.05) is 17.6 Å². The smallest absolute Gasteiger partial charge is 0.0950 e. The molecule has 2 nitrogen and oxygen atoms in total. The second-order valence-corrected chi connectivity index (χ2v) is 5.77. The lowest BCUT2D eigenvalue weighted by atomic mass is 9.89. The topological polar surface area (TPSA) is 21.3 Å². The van der Waals surface area contributed by atoms with Crippen LogP contribution in [0.5, 0.6) is 0 Å². The van der Waals surface area contributed by atoms with Crippen LogP contribution in [0.2, 0.25) is 0 Å². The Labute approximate surface area is 111 Å². The number of benzene rings is 1. The molecule has 1 atom stereocenters. The third-order valence-electron chi connectivity index (χ3n) is 3.73. The molecule has 0 radical (unpaired) electrons. The number of hydrogen-bond donors (Lipinski definition) is 1. The molecular formula is C14H18BrNO. The van der Waals surface area contributed by atoms with Crippen LogP contribution < -0.4 is 5.32 Å². The second-order valence-electron chi connectivity index (χ2n) is 4.91. The van der Waals surface area contributed by atoms with Crippen LogP contribution in [-0.4, -0.2) is 19.7 Å². The molecule has 0 amide bonds. The third-order valence-corrected chi connectivity index (χ3v) is 4.44. The Balaban J connectivity index is 1.92. The molecule has 0 saturated carbocycles. The van der Waals surface area contributed by atoms with E-state index in [1.165, 1.54) is 46.8 Å². The number of fused-ring (bicyclic) bond motifs is 1. The molecular weight excluding hydrogens is 278 g/mol. The number of rotatable bonds is 1. The maximum absolute atomic E-state index is 5.83. The highest BCUT2D eigenvalue weighted by Gasteiger charge is 2.20. The van der Waals surface area contributed by atoms with E-state index < -0.39 is 0 Å². The lowest BCUT2D eigenvalue weighted by Crippen LogP contribution is -2.33. The molecule has 1 unspecified atom stereocenters. The summed E-state index contributed by atoms with van der Waals surface area (Å²) < 4.78 is 7.10. The highest BCUT2D eigenvalue weighted by molar-refractivity contribution is 9.10. The molecule has 0 aromatic heterocycles. The lowest BCUT2D eigenvalue weighted by molar-refractivity contribution is 0.0276. The van der Waals surface area contributed by atoms with Crippen LogP contribution in [0, 0.1) is 0 Å². The molecule has 1 aromatic rings. The van der Waals surface area contributed by atoms with Crippen molar-refractivity contribution >= 4 is 15.9 Å². The Kier molecular flexibility index (Phi) is 3.50. The summed E-state index contributed by atoms with van der Waals surface area (Å²) in [6.07, 6.45) is 5.33. The van der Waals surface area contributed by atoms with Gasteiger partial charge in [-0.25, -0.2) is 0 Å². The molecule has 1 aliphatic heterocycles. The van der Waals surface area contributed by atoms with Crippen molar-refractivity contribution in [2.45, 2.75) is 31.8 Å². The van der Waals surface area contributed by atoms with Crippen molar-refractivity contribution in [3.8, 4) is 0 Å². The summed E-state index contributed by atoms with van der Waals surface area (Å²) in [5.41, 5.74) is 4.36. The molecule has 1 N–H and O–H groups in total. The van der Waals surface area contributed by atoms with Crippen LogP contribution in [0.4, 0.5) is 0 Å². The fourth-order valence-corrected chi connectivity index (χ4v) is 3.52. The molecule has 17 heavy (non-hydrogen) atoms. The van der Waals surface area contributed by atoms with E-state index in [1.807, 2.05) is 0 Å². The largest absolute Gasteiger partial charge is 0.371 e. The Bertz CT molecular complexity index is 413. The summed E-state index contributed by atoms with van der Waals surface area (Å²) in [6.45, 7) is 2.73. The Morgan fingerprint density at radius 1 is 1.24 bits per heavy atom. The van der Waals surface area contributed by atoms with Crippen molar-refractivity contribution in [1.29, 1.82) is 0 Å². The van der Waals surface area contributed by atoms with Crippen molar-refractivity contribution < 1.29 is 4.74 Å². The van der Waals surface area contributed by atoms with E-state index in [-0.39, 0.29) is 6.10 Å². The molecule has 1 saturated heterocycles. The van der Waals surface area contributed by atoms with Gasteiger partial charge in [-0.05, 0) is 48.4 Å². The van der Waals surface area contributed by atoms with Crippen LogP contribution in [0.3, 0.4) is 0 Å². The van der Waals surface area contributed by atoms with Gasteiger partial charge in [0.05, 0.1) is 12.7 Å². The Hall–Kier alpha value is -0.380. The molecule has 1 fully saturated rings. The average molecular weight is 296 g/mol. The lowest BCUT2D eigenvalue weighted by Gasteiger charge is -2.26. The van der Waals surface area contributed by atoms with E-state index in [4.69, 9.17) is 4.74 Å². The standard InChI is InChI=1S/C14H18BrNO/c15-13-8-11(14-9-16-5-6-17-14)7-10-3-1-2-4-12(10)13/h7-8,14,16H,1-6,9H2. The number of morpholine rings is 1. The Morgan fingerprint density at radius 3 is 2.94 bits per heavy atom. The molecule has 0 spiro atoms. The van der Waals surface area contributed by atoms with Gasteiger partial charge in [0.1, 0.15) is 0 Å². The quantitative estimate of drug-likeness (QED) is 0.860. The molecule has 3 rings (SSSR count). The van der Waals surface area contributed by atoms with Gasteiger partial charge in [0.25, 0.3) is 0 Å². The first-order valence-corrected chi connectivity index (χ1v) is 7.27. The van der Waals surface area contributed by atoms with Gasteiger partial charge in [-0.1, -0.05) is 22.0 Å². The zero-order valence-electron chi connectivity index (χ0n) is 9.97. The van der Waals surface area contributed by atoms with Gasteiger partial charge in [-0.15, -0.1) is 0 Å². The van der Waals surface area contributed by atoms with E-state index in [0.717, 1.165) is 19.7 Å². The predicted molar refractivity (Wildman–Crippen MR) is 72.3 cm³/mol. The van der Waals surface area contributed by atoms with Gasteiger partial charge in [0.2, 0.25) is 0 Å². The summed E-state index contributed by atoms with van der Waals surface area (Å²) in [5, 5.41) is 3.39. The van der Waals surface area contributed by atoms with Gasteiger partial charge >= 0.3 is 0 Å². The Morgan fingerprint density at radius 2 is 2.12 bits per heavy atom. The van der Waals surface area contributed by atoms with Crippen molar-refractivity contribution in [3.63, 3.8) is 0 Å². The first-order chi connectivity index (χ1) is 8.34. The van der Waals surface area contributed by atoms with Crippen LogP contribution in [-0.2, 0) is 17.6 Å². The van der Waals surface area contributed by atoms with Crippen molar-refractivity contribution in [2.24, 2.45) is 0 Å². The zero-order valence-corrected chi connectivity index (χ0v) is 11.6. The number of halogens is 1. The monoisotopic (exact) mass is 295 g/mol. The fourth-order valence-electron chi connectivity index (χ4n) is 2.80. The minimum atomic E-state index is 0.229. The molecule has 3 heteroatoms. The van der Waals surface area contributed by atoms with E-state index in [0.29, 0.717) is 0 Å².